The van der Waals surface area contributed by atoms with Gasteiger partial charge in [-0.05, 0) is 62.1 Å². The number of hydrogen-bond donors (Lipinski definition) is 2. The van der Waals surface area contributed by atoms with Crippen LogP contribution in [0.3, 0.4) is 0 Å². The summed E-state index contributed by atoms with van der Waals surface area (Å²) in [4.78, 5) is 27.2. The number of carbonyl (C=O) groups excluding carboxylic acids is 1. The van der Waals surface area contributed by atoms with Gasteiger partial charge in [0.25, 0.3) is 0 Å². The van der Waals surface area contributed by atoms with Crippen molar-refractivity contribution >= 4 is 28.4 Å². The Hall–Kier alpha value is -3.87. The zero-order valence-electron chi connectivity index (χ0n) is 18.8. The fraction of sp³-hybridized carbons (Fsp3) is 0.269. The smallest absolute Gasteiger partial charge is 0.227 e. The molecule has 1 fully saturated rings. The van der Waals surface area contributed by atoms with E-state index in [1.165, 1.54) is 0 Å². The number of carbonyl (C=O) groups is 1. The Morgan fingerprint density at radius 1 is 1.06 bits per heavy atom. The molecule has 7 nitrogen and oxygen atoms in total. The van der Waals surface area contributed by atoms with Crippen LogP contribution in [0.5, 0.6) is 11.5 Å². The number of nitrogens with zero attached hydrogens (tertiary/aromatic N) is 3. The third-order valence-electron chi connectivity index (χ3n) is 6.14. The number of H-pyrrole nitrogens is 1. The van der Waals surface area contributed by atoms with E-state index >= 15 is 0 Å². The maximum Gasteiger partial charge on any atom is 0.227 e. The van der Waals surface area contributed by atoms with Crippen LogP contribution < -0.4 is 15.0 Å². The van der Waals surface area contributed by atoms with Crippen LogP contribution in [0.2, 0.25) is 0 Å². The maximum absolute atomic E-state index is 12.9. The lowest BCUT2D eigenvalue weighted by Crippen LogP contribution is -2.38. The molecule has 3 heterocycles. The molecule has 0 bridgehead atoms. The van der Waals surface area contributed by atoms with Crippen molar-refractivity contribution in [1.29, 1.82) is 0 Å². The van der Waals surface area contributed by atoms with Gasteiger partial charge in [0.15, 0.2) is 0 Å². The number of aryl methyl sites for hydroxylation is 2. The first kappa shape index (κ1) is 21.0. The average Bonchev–Trinajstić information content (AvgIpc) is 3.20. The van der Waals surface area contributed by atoms with E-state index < -0.39 is 0 Å². The number of benzene rings is 2. The molecule has 1 amide bonds. The highest BCUT2D eigenvalue weighted by Crippen LogP contribution is 2.30. The van der Waals surface area contributed by atoms with E-state index in [9.17, 15) is 4.79 Å². The number of aromatic amines is 1. The highest BCUT2D eigenvalue weighted by Gasteiger charge is 2.27. The zero-order valence-corrected chi connectivity index (χ0v) is 18.8. The van der Waals surface area contributed by atoms with Crippen molar-refractivity contribution in [3.63, 3.8) is 0 Å². The monoisotopic (exact) mass is 441 g/mol. The van der Waals surface area contributed by atoms with Crippen molar-refractivity contribution in [2.24, 2.45) is 5.92 Å². The van der Waals surface area contributed by atoms with Gasteiger partial charge in [0.2, 0.25) is 5.91 Å². The van der Waals surface area contributed by atoms with Gasteiger partial charge < -0.3 is 19.9 Å². The van der Waals surface area contributed by atoms with E-state index in [1.807, 2.05) is 61.7 Å². The number of ether oxygens (including phenoxy) is 1. The van der Waals surface area contributed by atoms with Crippen LogP contribution in [0.25, 0.3) is 11.0 Å². The number of nitrogens with one attached hydrogen (secondary N) is 2. The van der Waals surface area contributed by atoms with E-state index in [4.69, 9.17) is 4.74 Å². The topological polar surface area (TPSA) is 83.1 Å². The van der Waals surface area contributed by atoms with E-state index in [0.717, 1.165) is 65.3 Å². The molecule has 0 spiro atoms. The largest absolute Gasteiger partial charge is 0.457 e. The second-order valence-corrected chi connectivity index (χ2v) is 8.59. The molecular weight excluding hydrogens is 414 g/mol. The van der Waals surface area contributed by atoms with Gasteiger partial charge in [0, 0.05) is 37.0 Å². The lowest BCUT2D eigenvalue weighted by Gasteiger charge is -2.32. The summed E-state index contributed by atoms with van der Waals surface area (Å²) in [6.45, 7) is 5.65. The van der Waals surface area contributed by atoms with Crippen molar-refractivity contribution in [3.05, 3.63) is 72.2 Å². The lowest BCUT2D eigenvalue weighted by atomic mass is 9.95. The minimum absolute atomic E-state index is 0.0350. The average molecular weight is 442 g/mol. The molecular formula is C26H27N5O2. The van der Waals surface area contributed by atoms with Gasteiger partial charge in [-0.15, -0.1) is 0 Å². The van der Waals surface area contributed by atoms with Gasteiger partial charge in [-0.25, -0.2) is 9.97 Å². The van der Waals surface area contributed by atoms with Crippen LogP contribution >= 0.6 is 0 Å². The summed E-state index contributed by atoms with van der Waals surface area (Å²) in [5.41, 5.74) is 3.86. The molecule has 0 saturated carbocycles. The van der Waals surface area contributed by atoms with Gasteiger partial charge in [-0.3, -0.25) is 4.79 Å². The van der Waals surface area contributed by atoms with Gasteiger partial charge in [0.05, 0.1) is 5.39 Å². The summed E-state index contributed by atoms with van der Waals surface area (Å²) in [5, 5.41) is 4.13. The molecule has 2 N–H and O–H groups in total. The Balaban J connectivity index is 1.21. The molecule has 33 heavy (non-hydrogen) atoms. The second kappa shape index (κ2) is 8.94. The van der Waals surface area contributed by atoms with Crippen LogP contribution in [0.15, 0.2) is 61.1 Å². The second-order valence-electron chi connectivity index (χ2n) is 8.59. The number of rotatable bonds is 5. The van der Waals surface area contributed by atoms with Crippen LogP contribution in [-0.4, -0.2) is 33.9 Å². The maximum atomic E-state index is 12.9. The third kappa shape index (κ3) is 4.53. The Bertz CT molecular complexity index is 1290. The van der Waals surface area contributed by atoms with Crippen molar-refractivity contribution in [3.8, 4) is 11.5 Å². The number of aromatic nitrogens is 3. The van der Waals surface area contributed by atoms with E-state index in [2.05, 4.69) is 32.1 Å². The fourth-order valence-electron chi connectivity index (χ4n) is 4.39. The van der Waals surface area contributed by atoms with Crippen LogP contribution in [-0.2, 0) is 4.79 Å². The SMILES string of the molecule is Cc1cccc(Oc2cccc(NC(=O)C3CCN(c4ncnc5[nH]cc(C)c45)CC3)c2)c1. The number of amides is 1. The van der Waals surface area contributed by atoms with E-state index in [-0.39, 0.29) is 11.8 Å². The Kier molecular flexibility index (Phi) is 5.69. The van der Waals surface area contributed by atoms with Gasteiger partial charge >= 0.3 is 0 Å². The molecule has 4 aromatic rings. The molecule has 0 atom stereocenters. The highest BCUT2D eigenvalue weighted by molar-refractivity contribution is 5.93. The summed E-state index contributed by atoms with van der Waals surface area (Å²) >= 11 is 0. The number of anilines is 2. The Morgan fingerprint density at radius 2 is 1.82 bits per heavy atom. The summed E-state index contributed by atoms with van der Waals surface area (Å²) in [6.07, 6.45) is 5.11. The van der Waals surface area contributed by atoms with E-state index in [0.29, 0.717) is 5.75 Å². The summed E-state index contributed by atoms with van der Waals surface area (Å²) in [7, 11) is 0. The minimum Gasteiger partial charge on any atom is -0.457 e. The number of fused-ring (bicyclic) bond motifs is 1. The van der Waals surface area contributed by atoms with Gasteiger partial charge in [-0.1, -0.05) is 18.2 Å². The first-order valence-electron chi connectivity index (χ1n) is 11.3. The molecule has 2 aromatic heterocycles. The van der Waals surface area contributed by atoms with Crippen LogP contribution in [0.1, 0.15) is 24.0 Å². The number of piperidine rings is 1. The molecule has 0 unspecified atom stereocenters. The molecule has 1 aliphatic rings. The Labute approximate surface area is 192 Å². The molecule has 0 radical (unpaired) electrons. The van der Waals surface area contributed by atoms with Crippen molar-refractivity contribution < 1.29 is 9.53 Å². The number of hydrogen-bond acceptors (Lipinski definition) is 5. The van der Waals surface area contributed by atoms with Gasteiger partial charge in [0.1, 0.15) is 29.3 Å². The predicted octanol–water partition coefficient (Wildman–Crippen LogP) is 5.22. The third-order valence-corrected chi connectivity index (χ3v) is 6.14. The van der Waals surface area contributed by atoms with Gasteiger partial charge in [-0.2, -0.15) is 0 Å². The zero-order chi connectivity index (χ0) is 22.8. The lowest BCUT2D eigenvalue weighted by molar-refractivity contribution is -0.120. The summed E-state index contributed by atoms with van der Waals surface area (Å²) < 4.78 is 5.96. The van der Waals surface area contributed by atoms with Crippen molar-refractivity contribution in [2.45, 2.75) is 26.7 Å². The first-order valence-corrected chi connectivity index (χ1v) is 11.3. The standard InChI is InChI=1S/C26H27N5O2/c1-17-5-3-7-21(13-17)33-22-8-4-6-20(14-22)30-26(32)19-9-11-31(12-10-19)25-23-18(2)15-27-24(23)28-16-29-25/h3-8,13-16,19H,9-12H2,1-2H3,(H,30,32)(H,27,28,29). The molecule has 2 aromatic carbocycles. The van der Waals surface area contributed by atoms with E-state index in [1.54, 1.807) is 6.33 Å². The molecule has 5 rings (SSSR count). The van der Waals surface area contributed by atoms with Crippen LogP contribution in [0.4, 0.5) is 11.5 Å². The highest BCUT2D eigenvalue weighted by atomic mass is 16.5. The molecule has 0 aliphatic carbocycles. The molecule has 1 aliphatic heterocycles. The van der Waals surface area contributed by atoms with Crippen LogP contribution in [0, 0.1) is 19.8 Å². The fourth-order valence-corrected chi connectivity index (χ4v) is 4.39. The summed E-state index contributed by atoms with van der Waals surface area (Å²) in [6, 6.07) is 15.4. The molecule has 1 saturated heterocycles. The quantitative estimate of drug-likeness (QED) is 0.444. The normalized spacial score (nSPS) is 14.4. The molecule has 7 heteroatoms. The Morgan fingerprint density at radius 3 is 2.61 bits per heavy atom. The van der Waals surface area contributed by atoms with Crippen molar-refractivity contribution in [2.75, 3.05) is 23.3 Å². The molecule has 168 valence electrons. The summed E-state index contributed by atoms with van der Waals surface area (Å²) in [5.74, 6) is 2.43. The van der Waals surface area contributed by atoms with Crippen molar-refractivity contribution in [1.82, 2.24) is 15.0 Å². The predicted molar refractivity (Wildman–Crippen MR) is 130 cm³/mol. The minimum atomic E-state index is -0.0350. The first-order chi connectivity index (χ1) is 16.1.